The van der Waals surface area contributed by atoms with Crippen molar-refractivity contribution < 1.29 is 13.2 Å². The van der Waals surface area contributed by atoms with Gasteiger partial charge in [0.25, 0.3) is 15.9 Å². The van der Waals surface area contributed by atoms with Crippen LogP contribution in [0.3, 0.4) is 0 Å². The number of hydrogen-bond acceptors (Lipinski definition) is 5. The Balaban J connectivity index is 1.78. The number of sulfonamides is 1. The lowest BCUT2D eigenvalue weighted by Gasteiger charge is -2.12. The normalized spacial score (nSPS) is 11.8. The minimum Gasteiger partial charge on any atom is -0.279 e. The minimum atomic E-state index is -3.85. The summed E-state index contributed by atoms with van der Waals surface area (Å²) < 4.78 is 28.2. The Bertz CT molecular complexity index is 1210. The molecule has 0 saturated carbocycles. The van der Waals surface area contributed by atoms with Crippen molar-refractivity contribution in [1.29, 1.82) is 0 Å². The average molecular weight is 423 g/mol. The molecule has 1 aromatic heterocycles. The highest BCUT2D eigenvalue weighted by atomic mass is 32.2. The third kappa shape index (κ3) is 5.09. The number of hydrogen-bond donors (Lipinski definition) is 2. The maximum Gasteiger partial charge on any atom is 0.271 e. The van der Waals surface area contributed by atoms with E-state index in [2.05, 4.69) is 20.2 Å². The van der Waals surface area contributed by atoms with Crippen LogP contribution >= 0.6 is 0 Å². The summed E-state index contributed by atoms with van der Waals surface area (Å²) in [7, 11) is -3.85. The second kappa shape index (κ2) is 8.87. The van der Waals surface area contributed by atoms with E-state index in [0.717, 1.165) is 16.7 Å². The fraction of sp³-hybridized carbons (Fsp3) is 0.136. The van der Waals surface area contributed by atoms with Gasteiger partial charge < -0.3 is 0 Å². The predicted molar refractivity (Wildman–Crippen MR) is 117 cm³/mol. The Labute approximate surface area is 175 Å². The summed E-state index contributed by atoms with van der Waals surface area (Å²) in [6.07, 6.45) is 3.26. The molecule has 7 nitrogen and oxygen atoms in total. The molecule has 0 bridgehead atoms. The number of amides is 1. The van der Waals surface area contributed by atoms with Crippen molar-refractivity contribution in [2.45, 2.75) is 25.7 Å². The smallest absolute Gasteiger partial charge is 0.271 e. The number of nitrogens with one attached hydrogen (secondary N) is 2. The molecule has 1 amide bonds. The number of pyridine rings is 1. The van der Waals surface area contributed by atoms with Crippen molar-refractivity contribution in [3.05, 3.63) is 89.2 Å². The molecule has 2 N–H and O–H groups in total. The molecule has 30 heavy (non-hydrogen) atoms. The Hall–Kier alpha value is -3.52. The van der Waals surface area contributed by atoms with Crippen molar-refractivity contribution >= 4 is 27.3 Å². The molecule has 8 heteroatoms. The monoisotopic (exact) mass is 422 g/mol. The van der Waals surface area contributed by atoms with E-state index in [9.17, 15) is 13.2 Å². The summed E-state index contributed by atoms with van der Waals surface area (Å²) >= 11 is 0. The highest BCUT2D eigenvalue weighted by Gasteiger charge is 2.17. The predicted octanol–water partition coefficient (Wildman–Crippen LogP) is 3.65. The van der Waals surface area contributed by atoms with Gasteiger partial charge in [-0.2, -0.15) is 5.10 Å². The molecule has 0 fully saturated rings. The molecular formula is C22H22N4O3S. The maximum atomic E-state index is 12.8. The number of benzene rings is 2. The van der Waals surface area contributed by atoms with E-state index in [4.69, 9.17) is 0 Å². The third-order valence-corrected chi connectivity index (χ3v) is 5.82. The number of aromatic nitrogens is 1. The van der Waals surface area contributed by atoms with Crippen LogP contribution in [0.15, 0.2) is 77.0 Å². The first-order valence-corrected chi connectivity index (χ1v) is 10.7. The van der Waals surface area contributed by atoms with Crippen LogP contribution in [0, 0.1) is 13.8 Å². The van der Waals surface area contributed by atoms with E-state index < -0.39 is 15.9 Å². The van der Waals surface area contributed by atoms with Gasteiger partial charge in [0.1, 0.15) is 0 Å². The van der Waals surface area contributed by atoms with Gasteiger partial charge in [-0.1, -0.05) is 23.8 Å². The van der Waals surface area contributed by atoms with Crippen LogP contribution in [-0.2, 0) is 10.0 Å². The van der Waals surface area contributed by atoms with Gasteiger partial charge in [0, 0.05) is 23.5 Å². The fourth-order valence-corrected chi connectivity index (χ4v) is 3.97. The summed E-state index contributed by atoms with van der Waals surface area (Å²) in [5.74, 6) is -0.507. The Morgan fingerprint density at radius 1 is 0.967 bits per heavy atom. The molecule has 2 aromatic carbocycles. The Morgan fingerprint density at radius 2 is 1.70 bits per heavy atom. The van der Waals surface area contributed by atoms with E-state index in [1.165, 1.54) is 24.3 Å². The number of rotatable bonds is 6. The number of hydrazone groups is 1. The SMILES string of the molecule is CC(=NNC(=O)c1cccc(S(=O)(=O)Nc2ccc(C)cc2C)c1)c1ccncc1. The number of nitrogens with zero attached hydrogens (tertiary/aromatic N) is 2. The van der Waals surface area contributed by atoms with Crippen LogP contribution in [0.4, 0.5) is 5.69 Å². The molecule has 0 saturated heterocycles. The van der Waals surface area contributed by atoms with Crippen LogP contribution < -0.4 is 10.1 Å². The lowest BCUT2D eigenvalue weighted by Crippen LogP contribution is -2.20. The van der Waals surface area contributed by atoms with Crippen LogP contribution in [0.5, 0.6) is 0 Å². The van der Waals surface area contributed by atoms with Gasteiger partial charge in [-0.3, -0.25) is 14.5 Å². The minimum absolute atomic E-state index is 0.00930. The summed E-state index contributed by atoms with van der Waals surface area (Å²) in [6.45, 7) is 5.52. The van der Waals surface area contributed by atoms with Crippen molar-refractivity contribution in [3.8, 4) is 0 Å². The summed E-state index contributed by atoms with van der Waals surface area (Å²) in [6, 6.07) is 14.8. The van der Waals surface area contributed by atoms with Gasteiger partial charge in [-0.25, -0.2) is 13.8 Å². The average Bonchev–Trinajstić information content (AvgIpc) is 2.74. The molecule has 154 valence electrons. The first-order valence-electron chi connectivity index (χ1n) is 9.21. The largest absolute Gasteiger partial charge is 0.279 e. The van der Waals surface area contributed by atoms with Crippen molar-refractivity contribution in [2.75, 3.05) is 4.72 Å². The quantitative estimate of drug-likeness (QED) is 0.468. The molecule has 3 aromatic rings. The highest BCUT2D eigenvalue weighted by Crippen LogP contribution is 2.21. The highest BCUT2D eigenvalue weighted by molar-refractivity contribution is 7.92. The standard InChI is InChI=1S/C22H22N4O3S/c1-15-7-8-21(16(2)13-15)26-30(28,29)20-6-4-5-19(14-20)22(27)25-24-17(3)18-9-11-23-12-10-18/h4-14,26H,1-3H3,(H,25,27). The number of aryl methyl sites for hydroxylation is 2. The number of anilines is 1. The molecule has 0 spiro atoms. The van der Waals surface area contributed by atoms with Crippen LogP contribution in [0.2, 0.25) is 0 Å². The molecule has 3 rings (SSSR count). The van der Waals surface area contributed by atoms with Gasteiger partial charge in [0.15, 0.2) is 0 Å². The van der Waals surface area contributed by atoms with Crippen molar-refractivity contribution in [3.63, 3.8) is 0 Å². The van der Waals surface area contributed by atoms with E-state index in [0.29, 0.717) is 11.4 Å². The Kier molecular flexibility index (Phi) is 6.27. The van der Waals surface area contributed by atoms with E-state index in [-0.39, 0.29) is 10.5 Å². The summed E-state index contributed by atoms with van der Waals surface area (Å²) in [4.78, 5) is 16.4. The maximum absolute atomic E-state index is 12.8. The van der Waals surface area contributed by atoms with Crippen molar-refractivity contribution in [1.82, 2.24) is 10.4 Å². The number of carbonyl (C=O) groups excluding carboxylic acids is 1. The Morgan fingerprint density at radius 3 is 2.40 bits per heavy atom. The van der Waals surface area contributed by atoms with Crippen LogP contribution in [-0.4, -0.2) is 25.0 Å². The van der Waals surface area contributed by atoms with E-state index in [1.807, 2.05) is 26.0 Å². The first-order chi connectivity index (χ1) is 14.3. The zero-order valence-electron chi connectivity index (χ0n) is 16.9. The molecule has 0 unspecified atom stereocenters. The third-order valence-electron chi connectivity index (χ3n) is 4.46. The molecule has 0 aliphatic rings. The van der Waals surface area contributed by atoms with Crippen LogP contribution in [0.1, 0.15) is 34.0 Å². The topological polar surface area (TPSA) is 101 Å². The second-order valence-electron chi connectivity index (χ2n) is 6.83. The van der Waals surface area contributed by atoms with Gasteiger partial charge >= 0.3 is 0 Å². The van der Waals surface area contributed by atoms with E-state index in [1.54, 1.807) is 37.5 Å². The van der Waals surface area contributed by atoms with E-state index >= 15 is 0 Å². The van der Waals surface area contributed by atoms with Gasteiger partial charge in [0.05, 0.1) is 16.3 Å². The second-order valence-corrected chi connectivity index (χ2v) is 8.51. The number of carbonyl (C=O) groups is 1. The molecule has 0 atom stereocenters. The first kappa shape index (κ1) is 21.2. The molecular weight excluding hydrogens is 400 g/mol. The zero-order valence-corrected chi connectivity index (χ0v) is 17.7. The lowest BCUT2D eigenvalue weighted by molar-refractivity contribution is 0.0954. The van der Waals surface area contributed by atoms with Crippen molar-refractivity contribution in [2.24, 2.45) is 5.10 Å². The lowest BCUT2D eigenvalue weighted by atomic mass is 10.1. The molecule has 0 aliphatic carbocycles. The summed E-state index contributed by atoms with van der Waals surface area (Å²) in [5.41, 5.74) is 6.41. The molecule has 1 heterocycles. The fourth-order valence-electron chi connectivity index (χ4n) is 2.79. The summed E-state index contributed by atoms with van der Waals surface area (Å²) in [5, 5.41) is 4.07. The van der Waals surface area contributed by atoms with Gasteiger partial charge in [-0.05, 0) is 62.7 Å². The molecule has 0 aliphatic heterocycles. The van der Waals surface area contributed by atoms with Gasteiger partial charge in [0.2, 0.25) is 0 Å². The van der Waals surface area contributed by atoms with Gasteiger partial charge in [-0.15, -0.1) is 0 Å². The van der Waals surface area contributed by atoms with Crippen LogP contribution in [0.25, 0.3) is 0 Å². The molecule has 0 radical (unpaired) electrons. The zero-order chi connectivity index (χ0) is 21.7.